The zero-order chi connectivity index (χ0) is 18.0. The predicted octanol–water partition coefficient (Wildman–Crippen LogP) is 3.06. The van der Waals surface area contributed by atoms with Gasteiger partial charge in [0.2, 0.25) is 0 Å². The average Bonchev–Trinajstić information content (AvgIpc) is 2.56. The van der Waals surface area contributed by atoms with E-state index in [9.17, 15) is 4.79 Å². The molecule has 1 amide bonds. The van der Waals surface area contributed by atoms with Crippen LogP contribution in [0.15, 0.2) is 23.4 Å². The van der Waals surface area contributed by atoms with Gasteiger partial charge in [0.25, 0.3) is 0 Å². The van der Waals surface area contributed by atoms with E-state index in [1.54, 1.807) is 18.2 Å². The molecule has 0 aromatic heterocycles. The number of rotatable bonds is 9. The largest absolute Gasteiger partial charge is 0.493 e. The first-order chi connectivity index (χ1) is 11.5. The Morgan fingerprint density at radius 2 is 1.96 bits per heavy atom. The molecule has 0 atom stereocenters. The molecule has 1 rings (SSSR count). The van der Waals surface area contributed by atoms with Crippen molar-refractivity contribution >= 4 is 30.8 Å². The molecule has 0 saturated heterocycles. The van der Waals surface area contributed by atoms with Gasteiger partial charge in [-0.15, -0.1) is 0 Å². The van der Waals surface area contributed by atoms with Crippen molar-refractivity contribution in [2.24, 2.45) is 5.16 Å². The number of benzene rings is 1. The maximum atomic E-state index is 10.9. The minimum Gasteiger partial charge on any atom is -0.493 e. The third-order valence-electron chi connectivity index (χ3n) is 2.51. The molecule has 0 aliphatic heterocycles. The summed E-state index contributed by atoms with van der Waals surface area (Å²) in [7, 11) is 2.93. The minimum atomic E-state index is -2.89. The van der Waals surface area contributed by atoms with E-state index in [1.807, 2.05) is 13.8 Å². The van der Waals surface area contributed by atoms with Gasteiger partial charge in [0, 0.05) is 24.4 Å². The summed E-state index contributed by atoms with van der Waals surface area (Å²) >= 11 is 5.33. The van der Waals surface area contributed by atoms with Gasteiger partial charge in [-0.1, -0.05) is 5.16 Å². The third-order valence-corrected chi connectivity index (χ3v) is 4.94. The van der Waals surface area contributed by atoms with E-state index >= 15 is 0 Å². The number of nitrogens with one attached hydrogen (secondary N) is 1. The van der Waals surface area contributed by atoms with E-state index in [0.29, 0.717) is 30.3 Å². The van der Waals surface area contributed by atoms with E-state index in [4.69, 9.17) is 30.1 Å². The fourth-order valence-corrected chi connectivity index (χ4v) is 3.62. The molecule has 8 nitrogen and oxygen atoms in total. The molecule has 1 aromatic carbocycles. The number of carbonyl (C=O) groups excluding carboxylic acids is 1. The molecule has 1 aromatic rings. The second-order valence-corrected chi connectivity index (χ2v) is 7.08. The van der Waals surface area contributed by atoms with E-state index in [0.717, 1.165) is 0 Å². The fourth-order valence-electron chi connectivity index (χ4n) is 1.55. The van der Waals surface area contributed by atoms with E-state index in [1.165, 1.54) is 20.4 Å². The molecule has 0 aliphatic carbocycles. The summed E-state index contributed by atoms with van der Waals surface area (Å²) in [4.78, 5) is 15.5. The highest BCUT2D eigenvalue weighted by Gasteiger charge is 2.23. The molecular weight excluding hydrogens is 355 g/mol. The number of amides is 1. The first-order valence-corrected chi connectivity index (χ1v) is 9.72. The molecule has 0 radical (unpaired) electrons. The molecule has 0 saturated carbocycles. The van der Waals surface area contributed by atoms with Crippen molar-refractivity contribution < 1.29 is 27.9 Å². The van der Waals surface area contributed by atoms with Gasteiger partial charge >= 0.3 is 12.8 Å². The maximum Gasteiger partial charge on any atom is 0.433 e. The van der Waals surface area contributed by atoms with Gasteiger partial charge in [-0.25, -0.2) is 4.79 Å². The Morgan fingerprint density at radius 3 is 2.50 bits per heavy atom. The van der Waals surface area contributed by atoms with Crippen LogP contribution in [0.2, 0.25) is 0 Å². The van der Waals surface area contributed by atoms with Crippen molar-refractivity contribution in [3.8, 4) is 11.5 Å². The summed E-state index contributed by atoms with van der Waals surface area (Å²) in [5.74, 6) is 0.819. The van der Waals surface area contributed by atoms with Gasteiger partial charge in [-0.2, -0.15) is 0 Å². The summed E-state index contributed by atoms with van der Waals surface area (Å²) < 4.78 is 21.9. The lowest BCUT2D eigenvalue weighted by Crippen LogP contribution is -2.16. The number of hydrogen-bond acceptors (Lipinski definition) is 8. The Morgan fingerprint density at radius 1 is 1.29 bits per heavy atom. The molecular formula is C14H21N2O6PS. The lowest BCUT2D eigenvalue weighted by Gasteiger charge is -2.22. The molecule has 10 heteroatoms. The van der Waals surface area contributed by atoms with Crippen LogP contribution in [-0.4, -0.2) is 39.7 Å². The average molecular weight is 376 g/mol. The van der Waals surface area contributed by atoms with Crippen molar-refractivity contribution in [2.75, 3.05) is 27.4 Å². The number of ether oxygens (including phenoxy) is 1. The van der Waals surface area contributed by atoms with Gasteiger partial charge in [-0.05, 0) is 32.0 Å². The van der Waals surface area contributed by atoms with Gasteiger partial charge in [0.1, 0.15) is 0 Å². The Bertz CT molecular complexity index is 615. The van der Waals surface area contributed by atoms with Crippen LogP contribution in [0.25, 0.3) is 0 Å². The van der Waals surface area contributed by atoms with Crippen molar-refractivity contribution in [3.05, 3.63) is 23.8 Å². The minimum absolute atomic E-state index is 0.376. The second kappa shape index (κ2) is 10.2. The molecule has 0 aliphatic rings. The van der Waals surface area contributed by atoms with Crippen LogP contribution in [0, 0.1) is 0 Å². The Kier molecular flexibility index (Phi) is 8.70. The normalized spacial score (nSPS) is 11.3. The van der Waals surface area contributed by atoms with E-state index in [2.05, 4.69) is 15.3 Å². The van der Waals surface area contributed by atoms with Crippen LogP contribution in [-0.2, 0) is 25.7 Å². The highest BCUT2D eigenvalue weighted by atomic mass is 32.5. The first kappa shape index (κ1) is 20.4. The predicted molar refractivity (Wildman–Crippen MR) is 94.3 cm³/mol. The second-order valence-electron chi connectivity index (χ2n) is 4.15. The Balaban J connectivity index is 2.93. The number of nitrogens with zero attached hydrogens (tertiary/aromatic N) is 1. The van der Waals surface area contributed by atoms with E-state index in [-0.39, 0.29) is 0 Å². The summed E-state index contributed by atoms with van der Waals surface area (Å²) in [6.07, 6.45) is 0.704. The highest BCUT2D eigenvalue weighted by molar-refractivity contribution is 8.07. The number of methoxy groups -OCH3 is 1. The van der Waals surface area contributed by atoms with Crippen molar-refractivity contribution in [2.45, 2.75) is 13.8 Å². The molecule has 0 spiro atoms. The molecule has 0 bridgehead atoms. The summed E-state index contributed by atoms with van der Waals surface area (Å²) in [6, 6.07) is 5.01. The summed E-state index contributed by atoms with van der Waals surface area (Å²) in [5, 5.41) is 5.83. The smallest absolute Gasteiger partial charge is 0.433 e. The monoisotopic (exact) mass is 376 g/mol. The molecule has 0 fully saturated rings. The van der Waals surface area contributed by atoms with Crippen molar-refractivity contribution in [1.29, 1.82) is 0 Å². The Labute approximate surface area is 146 Å². The number of hydrogen-bond donors (Lipinski definition) is 1. The van der Waals surface area contributed by atoms with Crippen LogP contribution in [0.3, 0.4) is 0 Å². The maximum absolute atomic E-state index is 10.9. The molecule has 0 unspecified atom stereocenters. The number of oxime groups is 1. The van der Waals surface area contributed by atoms with Gasteiger partial charge in [0.05, 0.1) is 26.5 Å². The first-order valence-electron chi connectivity index (χ1n) is 7.16. The Hall–Kier alpha value is -1.67. The zero-order valence-corrected chi connectivity index (χ0v) is 15.7. The van der Waals surface area contributed by atoms with Crippen LogP contribution < -0.4 is 14.6 Å². The quantitative estimate of drug-likeness (QED) is 0.307. The summed E-state index contributed by atoms with van der Waals surface area (Å²) in [5.41, 5.74) is 0.643. The van der Waals surface area contributed by atoms with Gasteiger partial charge < -0.3 is 14.6 Å². The lowest BCUT2D eigenvalue weighted by atomic mass is 10.2. The van der Waals surface area contributed by atoms with Crippen molar-refractivity contribution in [3.63, 3.8) is 0 Å². The number of carbonyl (C=O) groups is 1. The van der Waals surface area contributed by atoms with E-state index < -0.39 is 12.8 Å². The molecule has 24 heavy (non-hydrogen) atoms. The SMILES string of the molecule is CCOP(=S)(OCC)Oc1ccc(/C=N/OC(=O)NC)cc1OC. The topological polar surface area (TPSA) is 87.6 Å². The molecule has 134 valence electrons. The van der Waals surface area contributed by atoms with Crippen LogP contribution in [0.1, 0.15) is 19.4 Å². The standard InChI is InChI=1S/C14H21N2O6PS/c1-5-19-23(24,20-6-2)22-12-8-7-11(9-13(12)18-4)10-16-21-14(17)15-3/h7-10H,5-6H2,1-4H3,(H,15,17)/b16-10+. The lowest BCUT2D eigenvalue weighted by molar-refractivity contribution is 0.154. The summed E-state index contributed by atoms with van der Waals surface area (Å²) in [6.45, 7) is 1.48. The third kappa shape index (κ3) is 6.45. The van der Waals surface area contributed by atoms with Crippen molar-refractivity contribution in [1.82, 2.24) is 5.32 Å². The van der Waals surface area contributed by atoms with Gasteiger partial charge in [-0.3, -0.25) is 13.9 Å². The highest BCUT2D eigenvalue weighted by Crippen LogP contribution is 2.51. The van der Waals surface area contributed by atoms with Crippen LogP contribution in [0.4, 0.5) is 4.79 Å². The van der Waals surface area contributed by atoms with Crippen LogP contribution >= 0.6 is 6.72 Å². The molecule has 1 N–H and O–H groups in total. The van der Waals surface area contributed by atoms with Gasteiger partial charge in [0.15, 0.2) is 11.5 Å². The van der Waals surface area contributed by atoms with Crippen LogP contribution in [0.5, 0.6) is 11.5 Å². The molecule has 0 heterocycles. The zero-order valence-electron chi connectivity index (χ0n) is 14.0. The fraction of sp³-hybridized carbons (Fsp3) is 0.429.